The van der Waals surface area contributed by atoms with Gasteiger partial charge in [0.15, 0.2) is 0 Å². The number of aromatic nitrogens is 2. The van der Waals surface area contributed by atoms with E-state index < -0.39 is 5.97 Å². The Labute approximate surface area is 114 Å². The van der Waals surface area contributed by atoms with Gasteiger partial charge in [0.25, 0.3) is 0 Å². The minimum Gasteiger partial charge on any atom is -0.478 e. The maximum absolute atomic E-state index is 13.4. The molecule has 0 unspecified atom stereocenters. The number of carboxylic acids is 1. The molecule has 0 fully saturated rings. The van der Waals surface area contributed by atoms with Crippen molar-refractivity contribution < 1.29 is 14.3 Å². The molecule has 20 heavy (non-hydrogen) atoms. The summed E-state index contributed by atoms with van der Waals surface area (Å²) in [6.45, 7) is 1.80. The van der Waals surface area contributed by atoms with Gasteiger partial charge in [-0.3, -0.25) is 4.57 Å². The fourth-order valence-electron chi connectivity index (χ4n) is 2.27. The molecule has 3 aromatic rings. The van der Waals surface area contributed by atoms with Crippen molar-refractivity contribution in [1.82, 2.24) is 9.55 Å². The molecule has 0 amide bonds. The first kappa shape index (κ1) is 12.3. The third kappa shape index (κ3) is 1.93. The van der Waals surface area contributed by atoms with Gasteiger partial charge in [-0.1, -0.05) is 6.07 Å². The lowest BCUT2D eigenvalue weighted by molar-refractivity contribution is 0.0697. The maximum atomic E-state index is 13.4. The summed E-state index contributed by atoms with van der Waals surface area (Å²) in [7, 11) is 0. The van der Waals surface area contributed by atoms with Gasteiger partial charge in [0, 0.05) is 0 Å². The quantitative estimate of drug-likeness (QED) is 0.778. The van der Waals surface area contributed by atoms with Gasteiger partial charge in [-0.25, -0.2) is 14.2 Å². The number of aryl methyl sites for hydroxylation is 1. The predicted octanol–water partition coefficient (Wildman–Crippen LogP) is 3.17. The van der Waals surface area contributed by atoms with Crippen LogP contribution in [0.2, 0.25) is 0 Å². The van der Waals surface area contributed by atoms with Crippen LogP contribution < -0.4 is 0 Å². The summed E-state index contributed by atoms with van der Waals surface area (Å²) in [4.78, 5) is 15.4. The monoisotopic (exact) mass is 270 g/mol. The first-order valence-electron chi connectivity index (χ1n) is 6.04. The Morgan fingerprint density at radius 3 is 2.75 bits per heavy atom. The number of hydrogen-bond acceptors (Lipinski definition) is 2. The van der Waals surface area contributed by atoms with Crippen LogP contribution in [0.4, 0.5) is 4.39 Å². The SMILES string of the molecule is Cc1nc2ccc(C(=O)O)cc2n1-c1cccc(F)c1. The molecule has 3 rings (SSSR count). The second-order valence-corrected chi connectivity index (χ2v) is 4.48. The van der Waals surface area contributed by atoms with Gasteiger partial charge >= 0.3 is 5.97 Å². The van der Waals surface area contributed by atoms with Crippen LogP contribution in [0.25, 0.3) is 16.7 Å². The fourth-order valence-corrected chi connectivity index (χ4v) is 2.27. The normalized spacial score (nSPS) is 10.9. The molecule has 5 heteroatoms. The van der Waals surface area contributed by atoms with Crippen molar-refractivity contribution in [3.63, 3.8) is 0 Å². The van der Waals surface area contributed by atoms with E-state index in [1.165, 1.54) is 18.2 Å². The highest BCUT2D eigenvalue weighted by molar-refractivity contribution is 5.93. The van der Waals surface area contributed by atoms with Crippen LogP contribution in [0.3, 0.4) is 0 Å². The summed E-state index contributed by atoms with van der Waals surface area (Å²) >= 11 is 0. The molecule has 1 aromatic heterocycles. The van der Waals surface area contributed by atoms with Crippen LogP contribution in [0.1, 0.15) is 16.2 Å². The van der Waals surface area contributed by atoms with Gasteiger partial charge in [-0.15, -0.1) is 0 Å². The van der Waals surface area contributed by atoms with Gasteiger partial charge in [-0.2, -0.15) is 0 Å². The fraction of sp³-hybridized carbons (Fsp3) is 0.0667. The largest absolute Gasteiger partial charge is 0.478 e. The number of carbonyl (C=O) groups is 1. The standard InChI is InChI=1S/C15H11FN2O2/c1-9-17-13-6-5-10(15(19)20)7-14(13)18(9)12-4-2-3-11(16)8-12/h2-8H,1H3,(H,19,20). The third-order valence-electron chi connectivity index (χ3n) is 3.14. The molecule has 0 aliphatic rings. The molecule has 0 spiro atoms. The molecule has 2 aromatic carbocycles. The summed E-state index contributed by atoms with van der Waals surface area (Å²) in [5.74, 6) is -0.678. The van der Waals surface area contributed by atoms with Crippen LogP contribution >= 0.6 is 0 Å². The number of fused-ring (bicyclic) bond motifs is 1. The van der Waals surface area contributed by atoms with E-state index in [9.17, 15) is 9.18 Å². The molecule has 0 aliphatic heterocycles. The van der Waals surface area contributed by atoms with Crippen molar-refractivity contribution in [2.45, 2.75) is 6.92 Å². The van der Waals surface area contributed by atoms with Crippen molar-refractivity contribution in [1.29, 1.82) is 0 Å². The highest BCUT2D eigenvalue weighted by Gasteiger charge is 2.12. The van der Waals surface area contributed by atoms with E-state index in [4.69, 9.17) is 5.11 Å². The zero-order valence-electron chi connectivity index (χ0n) is 10.7. The number of halogens is 1. The van der Waals surface area contributed by atoms with E-state index in [1.807, 2.05) is 0 Å². The minimum atomic E-state index is -1.00. The summed E-state index contributed by atoms with van der Waals surface area (Å²) in [6.07, 6.45) is 0. The van der Waals surface area contributed by atoms with Crippen LogP contribution in [0, 0.1) is 12.7 Å². The van der Waals surface area contributed by atoms with Crippen molar-refractivity contribution in [2.24, 2.45) is 0 Å². The second kappa shape index (κ2) is 4.45. The van der Waals surface area contributed by atoms with Crippen LogP contribution in [-0.4, -0.2) is 20.6 Å². The average Bonchev–Trinajstić information content (AvgIpc) is 2.73. The van der Waals surface area contributed by atoms with Crippen molar-refractivity contribution in [3.8, 4) is 5.69 Å². The highest BCUT2D eigenvalue weighted by Crippen LogP contribution is 2.23. The van der Waals surface area contributed by atoms with Gasteiger partial charge in [0.05, 0.1) is 22.3 Å². The van der Waals surface area contributed by atoms with Crippen molar-refractivity contribution in [3.05, 3.63) is 59.7 Å². The van der Waals surface area contributed by atoms with E-state index in [2.05, 4.69) is 4.98 Å². The van der Waals surface area contributed by atoms with Crippen LogP contribution in [0.5, 0.6) is 0 Å². The Bertz CT molecular complexity index is 824. The Hall–Kier alpha value is -2.69. The lowest BCUT2D eigenvalue weighted by atomic mass is 10.2. The summed E-state index contributed by atoms with van der Waals surface area (Å²) in [5, 5.41) is 9.07. The molecule has 0 saturated heterocycles. The zero-order valence-corrected chi connectivity index (χ0v) is 10.7. The lowest BCUT2D eigenvalue weighted by Gasteiger charge is -2.07. The number of hydrogen-bond donors (Lipinski definition) is 1. The Morgan fingerprint density at radius 1 is 1.25 bits per heavy atom. The number of rotatable bonds is 2. The first-order chi connectivity index (χ1) is 9.56. The highest BCUT2D eigenvalue weighted by atomic mass is 19.1. The number of imidazole rings is 1. The predicted molar refractivity (Wildman–Crippen MR) is 72.7 cm³/mol. The molecular weight excluding hydrogens is 259 g/mol. The lowest BCUT2D eigenvalue weighted by Crippen LogP contribution is -1.99. The molecule has 0 aliphatic carbocycles. The Morgan fingerprint density at radius 2 is 2.05 bits per heavy atom. The first-order valence-corrected chi connectivity index (χ1v) is 6.04. The van der Waals surface area contributed by atoms with Crippen LogP contribution in [-0.2, 0) is 0 Å². The van der Waals surface area contributed by atoms with E-state index >= 15 is 0 Å². The summed E-state index contributed by atoms with van der Waals surface area (Å²) in [5.41, 5.74) is 2.12. The molecule has 1 N–H and O–H groups in total. The maximum Gasteiger partial charge on any atom is 0.335 e. The van der Waals surface area contributed by atoms with Crippen LogP contribution in [0.15, 0.2) is 42.5 Å². The molecule has 0 bridgehead atoms. The molecule has 0 atom stereocenters. The molecule has 1 heterocycles. The topological polar surface area (TPSA) is 55.1 Å². The second-order valence-electron chi connectivity index (χ2n) is 4.48. The van der Waals surface area contributed by atoms with Gasteiger partial charge in [0.2, 0.25) is 0 Å². The van der Waals surface area contributed by atoms with E-state index in [0.717, 1.165) is 0 Å². The zero-order chi connectivity index (χ0) is 14.3. The molecule has 4 nitrogen and oxygen atoms in total. The van der Waals surface area contributed by atoms with Crippen molar-refractivity contribution >= 4 is 17.0 Å². The van der Waals surface area contributed by atoms with Gasteiger partial charge in [0.1, 0.15) is 11.6 Å². The number of benzene rings is 2. The Balaban J connectivity index is 2.31. The number of nitrogens with zero attached hydrogens (tertiary/aromatic N) is 2. The average molecular weight is 270 g/mol. The molecular formula is C15H11FN2O2. The summed E-state index contributed by atoms with van der Waals surface area (Å²) < 4.78 is 15.1. The summed E-state index contributed by atoms with van der Waals surface area (Å²) in [6, 6.07) is 10.8. The van der Waals surface area contributed by atoms with E-state index in [0.29, 0.717) is 22.5 Å². The van der Waals surface area contributed by atoms with Gasteiger partial charge in [-0.05, 0) is 43.3 Å². The van der Waals surface area contributed by atoms with Gasteiger partial charge < -0.3 is 5.11 Å². The molecule has 0 radical (unpaired) electrons. The molecule has 0 saturated carbocycles. The molecule has 100 valence electrons. The smallest absolute Gasteiger partial charge is 0.335 e. The van der Waals surface area contributed by atoms with E-state index in [1.54, 1.807) is 35.8 Å². The number of carboxylic acid groups (broad SMARTS) is 1. The van der Waals surface area contributed by atoms with Crippen molar-refractivity contribution in [2.75, 3.05) is 0 Å². The minimum absolute atomic E-state index is 0.176. The number of aromatic carboxylic acids is 1. The third-order valence-corrected chi connectivity index (χ3v) is 3.14. The van der Waals surface area contributed by atoms with E-state index in [-0.39, 0.29) is 11.4 Å². The Kier molecular flexibility index (Phi) is 2.75.